The van der Waals surface area contributed by atoms with E-state index in [9.17, 15) is 14.4 Å². The summed E-state index contributed by atoms with van der Waals surface area (Å²) in [5.41, 5.74) is 3.72. The number of benzene rings is 2. The first-order chi connectivity index (χ1) is 17.0. The van der Waals surface area contributed by atoms with E-state index in [1.54, 1.807) is 0 Å². The molecule has 0 spiro atoms. The van der Waals surface area contributed by atoms with Gasteiger partial charge in [-0.15, -0.1) is 0 Å². The van der Waals surface area contributed by atoms with Crippen LogP contribution >= 0.6 is 0 Å². The number of carboxylic acid groups (broad SMARTS) is 1. The highest BCUT2D eigenvalue weighted by molar-refractivity contribution is 5.91. The predicted molar refractivity (Wildman–Crippen MR) is 131 cm³/mol. The van der Waals surface area contributed by atoms with Gasteiger partial charge in [-0.1, -0.05) is 48.5 Å². The second kappa shape index (κ2) is 9.72. The third-order valence-electron chi connectivity index (χ3n) is 8.07. The van der Waals surface area contributed by atoms with Gasteiger partial charge in [0.25, 0.3) is 0 Å². The van der Waals surface area contributed by atoms with E-state index in [4.69, 9.17) is 9.84 Å². The summed E-state index contributed by atoms with van der Waals surface area (Å²) in [4.78, 5) is 36.9. The molecular weight excluding hydrogens is 444 g/mol. The Morgan fingerprint density at radius 1 is 0.914 bits per heavy atom. The standard InChI is InChI=1S/C28H32N2O5/c31-25(32)19-12-10-18(11-13-19)16-29-26(33)28(14-5-15-28)30-27(34)35-17-24-22-8-3-1-6-20(22)21-7-2-4-9-23(21)24/h1-4,6-9,18-19,24H,5,10-17H2,(H,29,33)(H,30,34)(H,31,32). The number of carbonyl (C=O) groups excluding carboxylic acids is 2. The van der Waals surface area contributed by atoms with Gasteiger partial charge in [0.2, 0.25) is 5.91 Å². The van der Waals surface area contributed by atoms with Crippen molar-refractivity contribution in [1.82, 2.24) is 10.6 Å². The Morgan fingerprint density at radius 2 is 1.51 bits per heavy atom. The first-order valence-electron chi connectivity index (χ1n) is 12.6. The molecule has 3 aliphatic carbocycles. The number of rotatable bonds is 7. The highest BCUT2D eigenvalue weighted by atomic mass is 16.5. The molecule has 0 heterocycles. The molecule has 5 rings (SSSR count). The molecule has 0 saturated heterocycles. The maximum absolute atomic E-state index is 13.0. The summed E-state index contributed by atoms with van der Waals surface area (Å²) in [6, 6.07) is 16.4. The molecule has 3 N–H and O–H groups in total. The summed E-state index contributed by atoms with van der Waals surface area (Å²) < 4.78 is 5.66. The van der Waals surface area contributed by atoms with Crippen LogP contribution < -0.4 is 10.6 Å². The Balaban J connectivity index is 1.15. The number of carboxylic acids is 1. The zero-order valence-electron chi connectivity index (χ0n) is 19.8. The predicted octanol–water partition coefficient (Wildman–Crippen LogP) is 4.46. The third kappa shape index (κ3) is 4.64. The summed E-state index contributed by atoms with van der Waals surface area (Å²) >= 11 is 0. The lowest BCUT2D eigenvalue weighted by molar-refractivity contribution is -0.143. The van der Waals surface area contributed by atoms with Crippen molar-refractivity contribution in [3.63, 3.8) is 0 Å². The Morgan fingerprint density at radius 3 is 2.06 bits per heavy atom. The maximum Gasteiger partial charge on any atom is 0.408 e. The molecule has 3 aliphatic rings. The molecule has 7 heteroatoms. The molecule has 2 amide bonds. The van der Waals surface area contributed by atoms with Crippen LogP contribution in [-0.2, 0) is 14.3 Å². The van der Waals surface area contributed by atoms with E-state index in [0.717, 1.165) is 30.4 Å². The van der Waals surface area contributed by atoms with E-state index in [0.29, 0.717) is 32.2 Å². The van der Waals surface area contributed by atoms with Crippen molar-refractivity contribution in [2.45, 2.75) is 56.4 Å². The fraction of sp³-hybridized carbons (Fsp3) is 0.464. The van der Waals surface area contributed by atoms with E-state index < -0.39 is 17.6 Å². The minimum absolute atomic E-state index is 0.0275. The molecule has 2 saturated carbocycles. The molecule has 0 atom stereocenters. The summed E-state index contributed by atoms with van der Waals surface area (Å²) in [5.74, 6) is -0.914. The Labute approximate surface area is 205 Å². The van der Waals surface area contributed by atoms with Gasteiger partial charge in [0, 0.05) is 12.5 Å². The normalized spacial score (nSPS) is 22.3. The SMILES string of the molecule is O=C(NC1(C(=O)NCC2CCC(C(=O)O)CC2)CCC1)OCC1c2ccccc2-c2ccccc21. The van der Waals surface area contributed by atoms with Crippen molar-refractivity contribution >= 4 is 18.0 Å². The smallest absolute Gasteiger partial charge is 0.408 e. The number of fused-ring (bicyclic) bond motifs is 3. The van der Waals surface area contributed by atoms with Crippen molar-refractivity contribution in [2.24, 2.45) is 11.8 Å². The van der Waals surface area contributed by atoms with Crippen LogP contribution in [0.15, 0.2) is 48.5 Å². The van der Waals surface area contributed by atoms with Gasteiger partial charge in [-0.2, -0.15) is 0 Å². The molecule has 0 aliphatic heterocycles. The zero-order valence-corrected chi connectivity index (χ0v) is 19.8. The Kier molecular flexibility index (Phi) is 6.50. The van der Waals surface area contributed by atoms with E-state index >= 15 is 0 Å². The van der Waals surface area contributed by atoms with Gasteiger partial charge in [-0.25, -0.2) is 4.79 Å². The third-order valence-corrected chi connectivity index (χ3v) is 8.07. The van der Waals surface area contributed by atoms with Crippen LogP contribution in [0.2, 0.25) is 0 Å². The summed E-state index contributed by atoms with van der Waals surface area (Å²) in [6.07, 6.45) is 4.39. The summed E-state index contributed by atoms with van der Waals surface area (Å²) in [7, 11) is 0. The fourth-order valence-corrected chi connectivity index (χ4v) is 5.79. The molecule has 2 aromatic rings. The van der Waals surface area contributed by atoms with Crippen molar-refractivity contribution in [3.05, 3.63) is 59.7 Å². The highest BCUT2D eigenvalue weighted by Crippen LogP contribution is 2.44. The largest absolute Gasteiger partial charge is 0.481 e. The molecule has 2 fully saturated rings. The molecule has 0 unspecified atom stereocenters. The number of nitrogens with one attached hydrogen (secondary N) is 2. The number of hydrogen-bond acceptors (Lipinski definition) is 4. The second-order valence-electron chi connectivity index (χ2n) is 10.2. The van der Waals surface area contributed by atoms with Crippen LogP contribution in [0, 0.1) is 11.8 Å². The number of aliphatic carboxylic acids is 1. The quantitative estimate of drug-likeness (QED) is 0.547. The van der Waals surface area contributed by atoms with Gasteiger partial charge in [-0.3, -0.25) is 9.59 Å². The van der Waals surface area contributed by atoms with E-state index in [2.05, 4.69) is 34.9 Å². The lowest BCUT2D eigenvalue weighted by Crippen LogP contribution is -2.63. The van der Waals surface area contributed by atoms with Gasteiger partial charge in [-0.05, 0) is 73.1 Å². The van der Waals surface area contributed by atoms with Crippen LogP contribution in [0.5, 0.6) is 0 Å². The molecule has 0 aromatic heterocycles. The number of hydrogen-bond donors (Lipinski definition) is 3. The second-order valence-corrected chi connectivity index (χ2v) is 10.2. The Hall–Kier alpha value is -3.35. The minimum Gasteiger partial charge on any atom is -0.481 e. The van der Waals surface area contributed by atoms with Crippen LogP contribution in [0.3, 0.4) is 0 Å². The van der Waals surface area contributed by atoms with Gasteiger partial charge < -0.3 is 20.5 Å². The van der Waals surface area contributed by atoms with Gasteiger partial charge in [0.15, 0.2) is 0 Å². The lowest BCUT2D eigenvalue weighted by Gasteiger charge is -2.40. The van der Waals surface area contributed by atoms with Crippen LogP contribution in [0.1, 0.15) is 62.0 Å². The van der Waals surface area contributed by atoms with Gasteiger partial charge in [0.05, 0.1) is 5.92 Å². The van der Waals surface area contributed by atoms with Gasteiger partial charge >= 0.3 is 12.1 Å². The van der Waals surface area contributed by atoms with E-state index in [-0.39, 0.29) is 30.3 Å². The van der Waals surface area contributed by atoms with Crippen molar-refractivity contribution in [2.75, 3.05) is 13.2 Å². The monoisotopic (exact) mass is 476 g/mol. The Bertz CT molecular complexity index is 1070. The molecule has 7 nitrogen and oxygen atoms in total. The first-order valence-corrected chi connectivity index (χ1v) is 12.6. The number of ether oxygens (including phenoxy) is 1. The molecule has 0 radical (unpaired) electrons. The molecule has 184 valence electrons. The van der Waals surface area contributed by atoms with Gasteiger partial charge in [0.1, 0.15) is 12.1 Å². The lowest BCUT2D eigenvalue weighted by atomic mass is 9.75. The van der Waals surface area contributed by atoms with E-state index in [1.165, 1.54) is 11.1 Å². The summed E-state index contributed by atoms with van der Waals surface area (Å²) in [6.45, 7) is 0.726. The summed E-state index contributed by atoms with van der Waals surface area (Å²) in [5, 5.41) is 15.0. The highest BCUT2D eigenvalue weighted by Gasteiger charge is 2.46. The topological polar surface area (TPSA) is 105 Å². The number of carbonyl (C=O) groups is 3. The number of alkyl carbamates (subject to hydrolysis) is 1. The molecule has 0 bridgehead atoms. The van der Waals surface area contributed by atoms with Crippen LogP contribution in [-0.4, -0.2) is 41.8 Å². The maximum atomic E-state index is 13.0. The fourth-order valence-electron chi connectivity index (χ4n) is 5.79. The van der Waals surface area contributed by atoms with Crippen LogP contribution in [0.25, 0.3) is 11.1 Å². The zero-order chi connectivity index (χ0) is 24.4. The first kappa shape index (κ1) is 23.4. The molecule has 2 aromatic carbocycles. The van der Waals surface area contributed by atoms with E-state index in [1.807, 2.05) is 24.3 Å². The average Bonchev–Trinajstić information content (AvgIpc) is 3.17. The van der Waals surface area contributed by atoms with Crippen molar-refractivity contribution in [1.29, 1.82) is 0 Å². The number of amides is 2. The van der Waals surface area contributed by atoms with Crippen molar-refractivity contribution < 1.29 is 24.2 Å². The van der Waals surface area contributed by atoms with Crippen molar-refractivity contribution in [3.8, 4) is 11.1 Å². The molecular formula is C28H32N2O5. The minimum atomic E-state index is -0.916. The molecule has 35 heavy (non-hydrogen) atoms. The van der Waals surface area contributed by atoms with Crippen LogP contribution in [0.4, 0.5) is 4.79 Å². The average molecular weight is 477 g/mol.